The largest absolute Gasteiger partial charge is 0.381 e. The van der Waals surface area contributed by atoms with Crippen LogP contribution < -0.4 is 5.73 Å². The van der Waals surface area contributed by atoms with Gasteiger partial charge in [-0.1, -0.05) is 12.1 Å². The van der Waals surface area contributed by atoms with Crippen LogP contribution in [0, 0.1) is 12.7 Å². The zero-order chi connectivity index (χ0) is 11.6. The highest BCUT2D eigenvalue weighted by Gasteiger charge is 2.33. The van der Waals surface area contributed by atoms with Gasteiger partial charge in [0.25, 0.3) is 0 Å². The lowest BCUT2D eigenvalue weighted by Gasteiger charge is -2.36. The van der Waals surface area contributed by atoms with E-state index in [4.69, 9.17) is 10.5 Å². The molecule has 0 aliphatic carbocycles. The number of hydrogen-bond acceptors (Lipinski definition) is 2. The molecule has 0 bridgehead atoms. The molecule has 2 N–H and O–H groups in total. The van der Waals surface area contributed by atoms with Crippen LogP contribution in [-0.4, -0.2) is 19.8 Å². The predicted octanol–water partition coefficient (Wildman–Crippen LogP) is 2.14. The van der Waals surface area contributed by atoms with Crippen LogP contribution in [0.15, 0.2) is 18.2 Å². The normalized spacial score (nSPS) is 19.7. The number of halogens is 1. The topological polar surface area (TPSA) is 35.2 Å². The van der Waals surface area contributed by atoms with Crippen molar-refractivity contribution in [3.8, 4) is 0 Å². The van der Waals surface area contributed by atoms with Gasteiger partial charge in [0.05, 0.1) is 0 Å². The first-order valence-electron chi connectivity index (χ1n) is 5.72. The Bertz CT molecular complexity index is 372. The molecule has 88 valence electrons. The molecule has 0 radical (unpaired) electrons. The molecule has 0 spiro atoms. The minimum Gasteiger partial charge on any atom is -0.381 e. The molecule has 1 fully saturated rings. The van der Waals surface area contributed by atoms with Crippen molar-refractivity contribution in [2.24, 2.45) is 5.73 Å². The second-order valence-electron chi connectivity index (χ2n) is 4.56. The molecular formula is C13H18FNO. The Labute approximate surface area is 95.6 Å². The molecule has 0 amide bonds. The minimum absolute atomic E-state index is 0.0905. The van der Waals surface area contributed by atoms with Crippen LogP contribution in [0.5, 0.6) is 0 Å². The Balaban J connectivity index is 2.35. The van der Waals surface area contributed by atoms with Gasteiger partial charge in [0.15, 0.2) is 0 Å². The minimum atomic E-state index is -0.142. The van der Waals surface area contributed by atoms with E-state index in [1.807, 2.05) is 12.1 Å². The Kier molecular flexibility index (Phi) is 3.26. The Morgan fingerprint density at radius 1 is 1.38 bits per heavy atom. The monoisotopic (exact) mass is 223 g/mol. The van der Waals surface area contributed by atoms with Gasteiger partial charge in [0.2, 0.25) is 0 Å². The van der Waals surface area contributed by atoms with Crippen molar-refractivity contribution in [1.82, 2.24) is 0 Å². The first kappa shape index (κ1) is 11.6. The summed E-state index contributed by atoms with van der Waals surface area (Å²) < 4.78 is 18.9. The van der Waals surface area contributed by atoms with E-state index in [0.29, 0.717) is 25.3 Å². The number of hydrogen-bond donors (Lipinski definition) is 1. The first-order chi connectivity index (χ1) is 7.68. The maximum atomic E-state index is 13.6. The molecule has 1 aliphatic heterocycles. The van der Waals surface area contributed by atoms with Crippen LogP contribution >= 0.6 is 0 Å². The summed E-state index contributed by atoms with van der Waals surface area (Å²) in [7, 11) is 0. The molecule has 0 saturated carbocycles. The third-order valence-electron chi connectivity index (χ3n) is 3.62. The van der Waals surface area contributed by atoms with Crippen molar-refractivity contribution < 1.29 is 9.13 Å². The van der Waals surface area contributed by atoms with Gasteiger partial charge in [0.1, 0.15) is 5.82 Å². The molecule has 1 aliphatic rings. The van der Waals surface area contributed by atoms with E-state index in [0.717, 1.165) is 18.4 Å². The fourth-order valence-corrected chi connectivity index (χ4v) is 2.30. The molecule has 0 unspecified atom stereocenters. The van der Waals surface area contributed by atoms with Gasteiger partial charge in [-0.2, -0.15) is 0 Å². The van der Waals surface area contributed by atoms with Crippen molar-refractivity contribution >= 4 is 0 Å². The molecule has 1 aromatic carbocycles. The predicted molar refractivity (Wildman–Crippen MR) is 61.9 cm³/mol. The van der Waals surface area contributed by atoms with E-state index in [2.05, 4.69) is 0 Å². The summed E-state index contributed by atoms with van der Waals surface area (Å²) in [4.78, 5) is 0. The molecule has 16 heavy (non-hydrogen) atoms. The third-order valence-corrected chi connectivity index (χ3v) is 3.62. The zero-order valence-electron chi connectivity index (χ0n) is 9.63. The molecule has 1 heterocycles. The van der Waals surface area contributed by atoms with Crippen LogP contribution in [0.3, 0.4) is 0 Å². The molecule has 2 rings (SSSR count). The van der Waals surface area contributed by atoms with Crippen LogP contribution in [-0.2, 0) is 10.2 Å². The van der Waals surface area contributed by atoms with E-state index < -0.39 is 0 Å². The van der Waals surface area contributed by atoms with Gasteiger partial charge in [-0.15, -0.1) is 0 Å². The molecule has 0 atom stereocenters. The van der Waals surface area contributed by atoms with Gasteiger partial charge in [0, 0.05) is 25.2 Å². The maximum absolute atomic E-state index is 13.6. The summed E-state index contributed by atoms with van der Waals surface area (Å²) in [6.07, 6.45) is 1.76. The Morgan fingerprint density at radius 3 is 2.62 bits per heavy atom. The molecular weight excluding hydrogens is 205 g/mol. The van der Waals surface area contributed by atoms with Gasteiger partial charge in [-0.3, -0.25) is 0 Å². The van der Waals surface area contributed by atoms with Gasteiger partial charge in [-0.25, -0.2) is 4.39 Å². The first-order valence-corrected chi connectivity index (χ1v) is 5.72. The molecule has 0 aromatic heterocycles. The highest BCUT2D eigenvalue weighted by atomic mass is 19.1. The number of aryl methyl sites for hydroxylation is 1. The number of rotatable bonds is 2. The Morgan fingerprint density at radius 2 is 2.06 bits per heavy atom. The van der Waals surface area contributed by atoms with E-state index in [-0.39, 0.29) is 11.2 Å². The lowest BCUT2D eigenvalue weighted by Crippen LogP contribution is -2.40. The van der Waals surface area contributed by atoms with E-state index in [1.165, 1.54) is 0 Å². The van der Waals surface area contributed by atoms with Crippen molar-refractivity contribution in [2.45, 2.75) is 25.2 Å². The fourth-order valence-electron chi connectivity index (χ4n) is 2.30. The van der Waals surface area contributed by atoms with Crippen LogP contribution in [0.1, 0.15) is 24.0 Å². The standard InChI is InChI=1S/C13H18FNO/c1-10-2-3-11(8-12(10)14)13(9-15)4-6-16-7-5-13/h2-3,8H,4-7,9,15H2,1H3. The maximum Gasteiger partial charge on any atom is 0.126 e. The third kappa shape index (κ3) is 1.97. The van der Waals surface area contributed by atoms with Crippen molar-refractivity contribution in [3.63, 3.8) is 0 Å². The molecule has 3 heteroatoms. The number of ether oxygens (including phenoxy) is 1. The zero-order valence-corrected chi connectivity index (χ0v) is 9.63. The van der Waals surface area contributed by atoms with Gasteiger partial charge < -0.3 is 10.5 Å². The van der Waals surface area contributed by atoms with Gasteiger partial charge in [-0.05, 0) is 37.0 Å². The lowest BCUT2D eigenvalue weighted by atomic mass is 9.74. The highest BCUT2D eigenvalue weighted by molar-refractivity contribution is 5.31. The average molecular weight is 223 g/mol. The molecule has 1 saturated heterocycles. The summed E-state index contributed by atoms with van der Waals surface area (Å²) in [6, 6.07) is 5.46. The van der Waals surface area contributed by atoms with Crippen molar-refractivity contribution in [1.29, 1.82) is 0 Å². The highest BCUT2D eigenvalue weighted by Crippen LogP contribution is 2.34. The molecule has 1 aromatic rings. The van der Waals surface area contributed by atoms with Gasteiger partial charge >= 0.3 is 0 Å². The van der Waals surface area contributed by atoms with E-state index >= 15 is 0 Å². The fraction of sp³-hybridized carbons (Fsp3) is 0.538. The summed E-state index contributed by atoms with van der Waals surface area (Å²) >= 11 is 0. The summed E-state index contributed by atoms with van der Waals surface area (Å²) in [5.41, 5.74) is 7.49. The Hall–Kier alpha value is -0.930. The average Bonchev–Trinajstić information content (AvgIpc) is 2.33. The number of benzene rings is 1. The van der Waals surface area contributed by atoms with Crippen molar-refractivity contribution in [2.75, 3.05) is 19.8 Å². The second-order valence-corrected chi connectivity index (χ2v) is 4.56. The summed E-state index contributed by atoms with van der Waals surface area (Å²) in [6.45, 7) is 3.76. The van der Waals surface area contributed by atoms with Crippen LogP contribution in [0.25, 0.3) is 0 Å². The van der Waals surface area contributed by atoms with Crippen molar-refractivity contribution in [3.05, 3.63) is 35.1 Å². The SMILES string of the molecule is Cc1ccc(C2(CN)CCOCC2)cc1F. The smallest absolute Gasteiger partial charge is 0.126 e. The number of nitrogens with two attached hydrogens (primary N) is 1. The van der Waals surface area contributed by atoms with E-state index in [1.54, 1.807) is 13.0 Å². The quantitative estimate of drug-likeness (QED) is 0.833. The van der Waals surface area contributed by atoms with Crippen LogP contribution in [0.4, 0.5) is 4.39 Å². The lowest BCUT2D eigenvalue weighted by molar-refractivity contribution is 0.0528. The summed E-state index contributed by atoms with van der Waals surface area (Å²) in [5.74, 6) is -0.142. The van der Waals surface area contributed by atoms with Crippen LogP contribution in [0.2, 0.25) is 0 Å². The molecule has 2 nitrogen and oxygen atoms in total. The second kappa shape index (κ2) is 4.52. The summed E-state index contributed by atoms with van der Waals surface area (Å²) in [5, 5.41) is 0. The van der Waals surface area contributed by atoms with E-state index in [9.17, 15) is 4.39 Å².